The van der Waals surface area contributed by atoms with Crippen molar-refractivity contribution in [2.24, 2.45) is 5.16 Å². The molecule has 37 heavy (non-hydrogen) atoms. The number of amides is 2. The van der Waals surface area contributed by atoms with Gasteiger partial charge in [-0.3, -0.25) is 14.5 Å². The van der Waals surface area contributed by atoms with E-state index in [-0.39, 0.29) is 28.8 Å². The number of thiazole rings is 1. The topological polar surface area (TPSA) is 181 Å². The molecule has 0 aliphatic carbocycles. The van der Waals surface area contributed by atoms with E-state index >= 15 is 0 Å². The van der Waals surface area contributed by atoms with Crippen molar-refractivity contribution in [1.82, 2.24) is 30.0 Å². The maximum atomic E-state index is 13.1. The Hall–Kier alpha value is -3.70. The highest BCUT2D eigenvalue weighted by molar-refractivity contribution is 8.00. The number of nitrogens with one attached hydrogen (secondary N) is 1. The Labute approximate surface area is 221 Å². The molecule has 0 saturated carbocycles. The van der Waals surface area contributed by atoms with Crippen LogP contribution in [0.2, 0.25) is 0 Å². The van der Waals surface area contributed by atoms with Crippen molar-refractivity contribution < 1.29 is 28.9 Å². The fourth-order valence-corrected chi connectivity index (χ4v) is 6.25. The zero-order valence-electron chi connectivity index (χ0n) is 19.4. The molecule has 4 N–H and O–H groups in total. The van der Waals surface area contributed by atoms with Gasteiger partial charge in [0.2, 0.25) is 0 Å². The second-order valence-electron chi connectivity index (χ2n) is 7.79. The minimum absolute atomic E-state index is 0.0992. The van der Waals surface area contributed by atoms with Crippen LogP contribution in [0.15, 0.2) is 45.3 Å². The number of hydrogen-bond acceptors (Lipinski definition) is 12. The molecule has 2 atom stereocenters. The number of hydrogen-bond donors (Lipinski definition) is 3. The van der Waals surface area contributed by atoms with Crippen LogP contribution in [-0.2, 0) is 25.8 Å². The minimum atomic E-state index is -1.22. The van der Waals surface area contributed by atoms with Crippen LogP contribution in [0, 0.1) is 0 Å². The Kier molecular flexibility index (Phi) is 6.74. The summed E-state index contributed by atoms with van der Waals surface area (Å²) in [6.07, 6.45) is 3.48. The Morgan fingerprint density at radius 2 is 2.24 bits per heavy atom. The highest BCUT2D eigenvalue weighted by atomic mass is 32.2. The van der Waals surface area contributed by atoms with Crippen LogP contribution in [-0.4, -0.2) is 83.8 Å². The molecule has 1 saturated heterocycles. The summed E-state index contributed by atoms with van der Waals surface area (Å²) in [7, 11) is 1.28. The van der Waals surface area contributed by atoms with Crippen LogP contribution >= 0.6 is 34.9 Å². The summed E-state index contributed by atoms with van der Waals surface area (Å²) in [5.41, 5.74) is 6.84. The van der Waals surface area contributed by atoms with Crippen LogP contribution in [0.5, 0.6) is 0 Å². The molecule has 2 aliphatic heterocycles. The summed E-state index contributed by atoms with van der Waals surface area (Å²) in [5, 5.41) is 27.0. The van der Waals surface area contributed by atoms with Crippen LogP contribution in [0.4, 0.5) is 5.13 Å². The molecular formula is C20H20N9O5S3+. The maximum Gasteiger partial charge on any atom is 0.352 e. The SMILES string of the molecule is CO/N=C(\C(=O)NC1C(=O)N2C(C(=O)O)=C(C[n+]3cnn4nc(SC)ccc43)CS[C@H]12)c1csc(N)n1. The fourth-order valence-electron chi connectivity index (χ4n) is 4.00. The third kappa shape index (κ3) is 4.49. The average Bonchev–Trinajstić information content (AvgIpc) is 3.50. The van der Waals surface area contributed by atoms with Gasteiger partial charge >= 0.3 is 5.97 Å². The lowest BCUT2D eigenvalue weighted by molar-refractivity contribution is -0.664. The smallest absolute Gasteiger partial charge is 0.352 e. The molecule has 0 radical (unpaired) electrons. The number of anilines is 1. The van der Waals surface area contributed by atoms with Crippen LogP contribution in [0.25, 0.3) is 5.65 Å². The van der Waals surface area contributed by atoms with Gasteiger partial charge in [0.05, 0.1) is 11.6 Å². The number of nitrogens with two attached hydrogens (primary N) is 1. The van der Waals surface area contributed by atoms with Gasteiger partial charge in [0.15, 0.2) is 10.8 Å². The quantitative estimate of drug-likeness (QED) is 0.106. The number of oxime groups is 1. The highest BCUT2D eigenvalue weighted by Gasteiger charge is 2.54. The van der Waals surface area contributed by atoms with Crippen molar-refractivity contribution in [3.8, 4) is 0 Å². The van der Waals surface area contributed by atoms with Gasteiger partial charge in [0.25, 0.3) is 23.8 Å². The van der Waals surface area contributed by atoms with Gasteiger partial charge in [0, 0.05) is 27.4 Å². The van der Waals surface area contributed by atoms with Crippen LogP contribution in [0.3, 0.4) is 0 Å². The van der Waals surface area contributed by atoms with Crippen molar-refractivity contribution >= 4 is 69.1 Å². The molecule has 3 aromatic rings. The summed E-state index contributed by atoms with van der Waals surface area (Å²) in [6.45, 7) is 0.210. The van der Waals surface area contributed by atoms with Gasteiger partial charge < -0.3 is 21.0 Å². The second kappa shape index (κ2) is 9.98. The number of nitrogens with zero attached hydrogens (tertiary/aromatic N) is 7. The third-order valence-corrected chi connectivity index (χ3v) is 8.29. The van der Waals surface area contributed by atoms with Gasteiger partial charge in [-0.2, -0.15) is 0 Å². The van der Waals surface area contributed by atoms with Crippen molar-refractivity contribution in [2.45, 2.75) is 23.0 Å². The van der Waals surface area contributed by atoms with Crippen molar-refractivity contribution in [2.75, 3.05) is 24.9 Å². The highest BCUT2D eigenvalue weighted by Crippen LogP contribution is 2.40. The summed E-state index contributed by atoms with van der Waals surface area (Å²) >= 11 is 3.97. The number of carbonyl (C=O) groups excluding carboxylic acids is 2. The lowest BCUT2D eigenvalue weighted by Crippen LogP contribution is -2.71. The molecule has 2 amide bonds. The number of fused-ring (bicyclic) bond motifs is 2. The first-order chi connectivity index (χ1) is 17.8. The summed E-state index contributed by atoms with van der Waals surface area (Å²) in [4.78, 5) is 48.2. The van der Waals surface area contributed by atoms with E-state index in [0.717, 1.165) is 16.4 Å². The number of carboxylic acids is 1. The molecule has 1 fully saturated rings. The molecule has 0 bridgehead atoms. The van der Waals surface area contributed by atoms with E-state index < -0.39 is 29.2 Å². The Balaban J connectivity index is 1.37. The number of nitrogen functional groups attached to an aromatic ring is 1. The number of rotatable bonds is 8. The number of carbonyl (C=O) groups is 3. The van der Waals surface area contributed by atoms with E-state index in [4.69, 9.17) is 10.6 Å². The lowest BCUT2D eigenvalue weighted by atomic mass is 10.0. The third-order valence-electron chi connectivity index (χ3n) is 5.64. The monoisotopic (exact) mass is 562 g/mol. The van der Waals surface area contributed by atoms with Crippen LogP contribution < -0.4 is 15.6 Å². The van der Waals surface area contributed by atoms with Crippen molar-refractivity contribution in [1.29, 1.82) is 0 Å². The van der Waals surface area contributed by atoms with Crippen molar-refractivity contribution in [3.05, 3.63) is 40.8 Å². The molecule has 17 heteroatoms. The average molecular weight is 563 g/mol. The van der Waals surface area contributed by atoms with E-state index in [1.54, 1.807) is 16.3 Å². The minimum Gasteiger partial charge on any atom is -0.477 e. The molecule has 14 nitrogen and oxygen atoms in total. The van der Waals surface area contributed by atoms with Crippen molar-refractivity contribution in [3.63, 3.8) is 0 Å². The number of aromatic nitrogens is 5. The molecule has 0 spiro atoms. The largest absolute Gasteiger partial charge is 0.477 e. The van der Waals surface area contributed by atoms with Gasteiger partial charge in [-0.05, 0) is 12.3 Å². The molecule has 5 rings (SSSR count). The molecule has 3 aromatic heterocycles. The Bertz CT molecular complexity index is 1480. The maximum absolute atomic E-state index is 13.1. The summed E-state index contributed by atoms with van der Waals surface area (Å²) in [6, 6.07) is 2.76. The second-order valence-corrected chi connectivity index (χ2v) is 10.6. The fraction of sp³-hybridized carbons (Fsp3) is 0.300. The molecule has 2 aliphatic rings. The normalized spacial score (nSPS) is 19.6. The van der Waals surface area contributed by atoms with E-state index in [1.807, 2.05) is 18.4 Å². The number of aliphatic carboxylic acids is 1. The van der Waals surface area contributed by atoms with E-state index in [9.17, 15) is 19.5 Å². The van der Waals surface area contributed by atoms with Gasteiger partial charge in [-0.15, -0.1) is 34.9 Å². The molecule has 5 heterocycles. The zero-order chi connectivity index (χ0) is 26.3. The first-order valence-electron chi connectivity index (χ1n) is 10.6. The Morgan fingerprint density at radius 1 is 1.43 bits per heavy atom. The predicted molar refractivity (Wildman–Crippen MR) is 135 cm³/mol. The standard InChI is InChI=1S/C20H19N9O5S3/c1-34-26-13(10-7-37-20(21)23-10)16(30)24-14-17(31)28-15(19(32)33)9(6-36-18(14)28)5-27-8-22-29-12(27)4-3-11(25-29)35-2/h3-4,7-8,14,18H,5-6H2,1-2H3,(H3-,21,23,24,30,32,33)/p+1/b26-13-/t14?,18-/m1/s1. The molecule has 192 valence electrons. The zero-order valence-corrected chi connectivity index (χ0v) is 21.8. The molecule has 0 aromatic carbocycles. The van der Waals surface area contributed by atoms with E-state index in [2.05, 4.69) is 25.7 Å². The summed E-state index contributed by atoms with van der Waals surface area (Å²) in [5.74, 6) is -2.11. The molecular weight excluding hydrogens is 542 g/mol. The van der Waals surface area contributed by atoms with Gasteiger partial charge in [-0.25, -0.2) is 14.3 Å². The van der Waals surface area contributed by atoms with E-state index in [0.29, 0.717) is 17.0 Å². The summed E-state index contributed by atoms with van der Waals surface area (Å²) < 4.78 is 3.24. The van der Waals surface area contributed by atoms with Gasteiger partial charge in [-0.1, -0.05) is 10.3 Å². The first-order valence-corrected chi connectivity index (χ1v) is 13.8. The first kappa shape index (κ1) is 25.0. The predicted octanol–water partition coefficient (Wildman–Crippen LogP) is -0.433. The van der Waals surface area contributed by atoms with E-state index in [1.165, 1.54) is 40.2 Å². The lowest BCUT2D eigenvalue weighted by Gasteiger charge is -2.49. The number of thioether (sulfide) groups is 2. The number of β-lactam (4-membered cyclic amide) rings is 1. The van der Waals surface area contributed by atoms with Gasteiger partial charge in [0.1, 0.15) is 34.9 Å². The number of carboxylic acid groups (broad SMARTS) is 1. The Morgan fingerprint density at radius 3 is 2.92 bits per heavy atom. The van der Waals surface area contributed by atoms with Crippen LogP contribution in [0.1, 0.15) is 5.69 Å². The molecule has 1 unspecified atom stereocenters.